The van der Waals surface area contributed by atoms with Crippen LogP contribution in [-0.2, 0) is 9.47 Å². The van der Waals surface area contributed by atoms with Crippen molar-refractivity contribution in [1.29, 1.82) is 0 Å². The summed E-state index contributed by atoms with van der Waals surface area (Å²) in [5.41, 5.74) is 3.19. The normalized spacial score (nSPS) is 24.5. The van der Waals surface area contributed by atoms with E-state index in [0.717, 1.165) is 62.5 Å². The summed E-state index contributed by atoms with van der Waals surface area (Å²) in [4.78, 5) is 38.6. The Morgan fingerprint density at radius 1 is 1.08 bits per heavy atom. The first-order valence-electron chi connectivity index (χ1n) is 12.9. The van der Waals surface area contributed by atoms with Crippen LogP contribution in [0, 0.1) is 25.7 Å². The summed E-state index contributed by atoms with van der Waals surface area (Å²) < 4.78 is 10.9. The quantitative estimate of drug-likeness (QED) is 0.634. The zero-order valence-corrected chi connectivity index (χ0v) is 21.1. The van der Waals surface area contributed by atoms with E-state index in [9.17, 15) is 9.59 Å². The molecule has 9 nitrogen and oxygen atoms in total. The van der Waals surface area contributed by atoms with E-state index in [4.69, 9.17) is 9.47 Å². The molecule has 0 radical (unpaired) electrons. The van der Waals surface area contributed by atoms with E-state index in [1.807, 2.05) is 49.1 Å². The molecule has 192 valence electrons. The number of carbonyl (C=O) groups is 2. The van der Waals surface area contributed by atoms with Gasteiger partial charge in [0.2, 0.25) is 0 Å². The Morgan fingerprint density at radius 2 is 1.78 bits per heavy atom. The molecular weight excluding hydrogens is 458 g/mol. The topological polar surface area (TPSA) is 96.9 Å². The molecule has 2 unspecified atom stereocenters. The standard InChI is InChI=1S/C27H35N5O4/c1-18-25(19(2)29-17-28-18)26(33)32-14-21-12-31(13-22(21)15-32)10-8-24(20-6-4-3-5-7-20)30-27(34)36-23-9-11-35-16-23/h3-7,17,21-24H,8-16H2,1-2H3,(H,30,34)/t21-,22?,23-,24?/m0/s1. The van der Waals surface area contributed by atoms with E-state index >= 15 is 0 Å². The Hall–Kier alpha value is -3.04. The molecule has 1 N–H and O–H groups in total. The van der Waals surface area contributed by atoms with Gasteiger partial charge in [0, 0.05) is 39.1 Å². The average molecular weight is 494 g/mol. The van der Waals surface area contributed by atoms with E-state index in [0.29, 0.717) is 30.6 Å². The summed E-state index contributed by atoms with van der Waals surface area (Å²) in [6, 6.07) is 9.93. The molecule has 3 aliphatic heterocycles. The fourth-order valence-corrected chi connectivity index (χ4v) is 5.75. The Kier molecular flexibility index (Phi) is 7.48. The highest BCUT2D eigenvalue weighted by molar-refractivity contribution is 5.96. The predicted molar refractivity (Wildman–Crippen MR) is 133 cm³/mol. The van der Waals surface area contributed by atoms with Gasteiger partial charge in [0.05, 0.1) is 36.2 Å². The molecule has 9 heteroatoms. The molecule has 2 aromatic rings. The lowest BCUT2D eigenvalue weighted by atomic mass is 10.0. The number of carbonyl (C=O) groups excluding carboxylic acids is 2. The minimum atomic E-state index is -0.387. The number of ether oxygens (including phenoxy) is 2. The molecule has 0 aliphatic carbocycles. The monoisotopic (exact) mass is 493 g/mol. The number of likely N-dealkylation sites (tertiary alicyclic amines) is 2. The molecule has 0 bridgehead atoms. The van der Waals surface area contributed by atoms with Crippen molar-refractivity contribution in [2.24, 2.45) is 11.8 Å². The highest BCUT2D eigenvalue weighted by Crippen LogP contribution is 2.33. The van der Waals surface area contributed by atoms with Gasteiger partial charge in [0.1, 0.15) is 12.4 Å². The zero-order chi connectivity index (χ0) is 25.1. The van der Waals surface area contributed by atoms with Crippen LogP contribution in [0.15, 0.2) is 36.7 Å². The number of nitrogens with zero attached hydrogens (tertiary/aromatic N) is 4. The maximum atomic E-state index is 13.2. The van der Waals surface area contributed by atoms with Crippen molar-refractivity contribution in [3.8, 4) is 0 Å². The smallest absolute Gasteiger partial charge is 0.407 e. The highest BCUT2D eigenvalue weighted by atomic mass is 16.6. The third-order valence-electron chi connectivity index (χ3n) is 7.68. The lowest BCUT2D eigenvalue weighted by Gasteiger charge is -2.25. The Labute approximate surface area is 212 Å². The van der Waals surface area contributed by atoms with Gasteiger partial charge in [-0.05, 0) is 37.7 Å². The molecule has 1 aromatic heterocycles. The Morgan fingerprint density at radius 3 is 2.42 bits per heavy atom. The summed E-state index contributed by atoms with van der Waals surface area (Å²) >= 11 is 0. The second kappa shape index (κ2) is 10.9. The molecule has 5 rings (SSSR count). The summed E-state index contributed by atoms with van der Waals surface area (Å²) in [5, 5.41) is 3.08. The van der Waals surface area contributed by atoms with Gasteiger partial charge in [0.15, 0.2) is 0 Å². The van der Waals surface area contributed by atoms with Crippen LogP contribution in [0.2, 0.25) is 0 Å². The minimum absolute atomic E-state index is 0.0473. The van der Waals surface area contributed by atoms with Gasteiger partial charge in [-0.15, -0.1) is 0 Å². The first-order valence-corrected chi connectivity index (χ1v) is 12.9. The van der Waals surface area contributed by atoms with Crippen LogP contribution in [0.5, 0.6) is 0 Å². The van der Waals surface area contributed by atoms with Gasteiger partial charge in [-0.2, -0.15) is 0 Å². The number of aromatic nitrogens is 2. The molecule has 1 aromatic carbocycles. The number of alkyl carbamates (subject to hydrolysis) is 1. The van der Waals surface area contributed by atoms with Gasteiger partial charge < -0.3 is 24.6 Å². The van der Waals surface area contributed by atoms with Gasteiger partial charge in [-0.1, -0.05) is 30.3 Å². The summed E-state index contributed by atoms with van der Waals surface area (Å²) in [6.07, 6.45) is 2.50. The number of benzene rings is 1. The summed E-state index contributed by atoms with van der Waals surface area (Å²) in [5.74, 6) is 0.982. The number of nitrogens with one attached hydrogen (secondary N) is 1. The zero-order valence-electron chi connectivity index (χ0n) is 21.1. The SMILES string of the molecule is Cc1ncnc(C)c1C(=O)N1CC2CN(CCC(NC(=O)O[C@H]3CCOC3)c3ccccc3)C[C@H]2C1. The van der Waals surface area contributed by atoms with Crippen molar-refractivity contribution in [2.45, 2.75) is 38.8 Å². The van der Waals surface area contributed by atoms with Crippen molar-refractivity contribution in [3.63, 3.8) is 0 Å². The van der Waals surface area contributed by atoms with Crippen LogP contribution in [0.1, 0.15) is 46.2 Å². The van der Waals surface area contributed by atoms with Crippen LogP contribution < -0.4 is 5.32 Å². The fraction of sp³-hybridized carbons (Fsp3) is 0.556. The van der Waals surface area contributed by atoms with E-state index in [2.05, 4.69) is 20.2 Å². The average Bonchev–Trinajstić information content (AvgIpc) is 3.59. The van der Waals surface area contributed by atoms with E-state index < -0.39 is 0 Å². The molecular formula is C27H35N5O4. The molecule has 3 fully saturated rings. The molecule has 2 amide bonds. The maximum Gasteiger partial charge on any atom is 0.407 e. The van der Waals surface area contributed by atoms with Crippen molar-refractivity contribution < 1.29 is 19.1 Å². The molecule has 0 spiro atoms. The van der Waals surface area contributed by atoms with Gasteiger partial charge in [-0.3, -0.25) is 4.79 Å². The molecule has 36 heavy (non-hydrogen) atoms. The molecule has 4 atom stereocenters. The number of rotatable bonds is 7. The molecule has 0 saturated carbocycles. The van der Waals surface area contributed by atoms with Crippen molar-refractivity contribution >= 4 is 12.0 Å². The highest BCUT2D eigenvalue weighted by Gasteiger charge is 2.42. The van der Waals surface area contributed by atoms with Crippen LogP contribution in [0.4, 0.5) is 4.79 Å². The second-order valence-corrected chi connectivity index (χ2v) is 10.2. The number of amides is 2. The third-order valence-corrected chi connectivity index (χ3v) is 7.68. The van der Waals surface area contributed by atoms with Crippen molar-refractivity contribution in [3.05, 3.63) is 59.2 Å². The van der Waals surface area contributed by atoms with Crippen molar-refractivity contribution in [1.82, 2.24) is 25.1 Å². The lowest BCUT2D eigenvalue weighted by molar-refractivity contribution is 0.0771. The van der Waals surface area contributed by atoms with Crippen LogP contribution in [-0.4, -0.2) is 83.8 Å². The fourth-order valence-electron chi connectivity index (χ4n) is 5.75. The molecule has 4 heterocycles. The Balaban J connectivity index is 1.15. The number of hydrogen-bond acceptors (Lipinski definition) is 7. The van der Waals surface area contributed by atoms with Gasteiger partial charge in [0.25, 0.3) is 5.91 Å². The number of aryl methyl sites for hydroxylation is 2. The van der Waals surface area contributed by atoms with Crippen molar-refractivity contribution in [2.75, 3.05) is 45.9 Å². The van der Waals surface area contributed by atoms with E-state index in [1.165, 1.54) is 6.33 Å². The molecule has 3 saturated heterocycles. The predicted octanol–water partition coefficient (Wildman–Crippen LogP) is 2.74. The second-order valence-electron chi connectivity index (χ2n) is 10.2. The number of fused-ring (bicyclic) bond motifs is 1. The maximum absolute atomic E-state index is 13.2. The third kappa shape index (κ3) is 5.52. The summed E-state index contributed by atoms with van der Waals surface area (Å²) in [6.45, 7) is 9.18. The lowest BCUT2D eigenvalue weighted by Crippen LogP contribution is -2.36. The van der Waals surface area contributed by atoms with E-state index in [-0.39, 0.29) is 24.1 Å². The van der Waals surface area contributed by atoms with Crippen LogP contribution in [0.25, 0.3) is 0 Å². The largest absolute Gasteiger partial charge is 0.444 e. The van der Waals surface area contributed by atoms with Crippen LogP contribution in [0.3, 0.4) is 0 Å². The van der Waals surface area contributed by atoms with Gasteiger partial charge in [-0.25, -0.2) is 14.8 Å². The number of hydrogen-bond donors (Lipinski definition) is 1. The first kappa shape index (κ1) is 24.6. The first-order chi connectivity index (χ1) is 17.5. The minimum Gasteiger partial charge on any atom is -0.444 e. The molecule has 3 aliphatic rings. The van der Waals surface area contributed by atoms with E-state index in [1.54, 1.807) is 0 Å². The van der Waals surface area contributed by atoms with Gasteiger partial charge >= 0.3 is 6.09 Å². The Bertz CT molecular complexity index is 1040. The summed E-state index contributed by atoms with van der Waals surface area (Å²) in [7, 11) is 0. The van der Waals surface area contributed by atoms with Crippen LogP contribution >= 0.6 is 0 Å².